The van der Waals surface area contributed by atoms with Crippen molar-refractivity contribution in [2.45, 2.75) is 26.3 Å². The van der Waals surface area contributed by atoms with Gasteiger partial charge in [0.2, 0.25) is 0 Å². The van der Waals surface area contributed by atoms with Gasteiger partial charge in [-0.3, -0.25) is 14.5 Å². The summed E-state index contributed by atoms with van der Waals surface area (Å²) in [5.41, 5.74) is 1.75. The highest BCUT2D eigenvalue weighted by atomic mass is 19.1. The molecule has 2 aliphatic heterocycles. The van der Waals surface area contributed by atoms with Crippen LogP contribution in [0.3, 0.4) is 0 Å². The summed E-state index contributed by atoms with van der Waals surface area (Å²) in [6.45, 7) is 8.32. The molecule has 186 valence electrons. The molecule has 0 spiro atoms. The zero-order valence-corrected chi connectivity index (χ0v) is 20.1. The summed E-state index contributed by atoms with van der Waals surface area (Å²) < 4.78 is 24.6. The minimum Gasteiger partial charge on any atom is -0.507 e. The molecule has 2 saturated heterocycles. The van der Waals surface area contributed by atoms with Crippen molar-refractivity contribution in [2.24, 2.45) is 0 Å². The van der Waals surface area contributed by atoms with Crippen LogP contribution in [0.25, 0.3) is 5.76 Å². The lowest BCUT2D eigenvalue weighted by molar-refractivity contribution is -0.140. The molecule has 8 heteroatoms. The van der Waals surface area contributed by atoms with Crippen LogP contribution in [0.4, 0.5) is 4.39 Å². The SMILES string of the molecule is CCOc1ccc(C(O)=C2C(=O)C(=O)N(CCCN3CCOCC3)[C@H]2c2ccc(F)cc2)c(C)c1. The number of nitrogens with zero attached hydrogens (tertiary/aromatic N) is 2. The van der Waals surface area contributed by atoms with E-state index in [9.17, 15) is 19.1 Å². The Bertz CT molecular complexity index is 1110. The molecule has 1 N–H and O–H groups in total. The molecule has 0 radical (unpaired) electrons. The standard InChI is InChI=1S/C27H31FN2O5/c1-3-35-21-9-10-22(18(2)17-21)25(31)23-24(19-5-7-20(28)8-6-19)30(27(33)26(23)32)12-4-11-29-13-15-34-16-14-29/h5-10,17,24,31H,3-4,11-16H2,1-2H3/t24-/m0/s1. The number of ether oxygens (including phenoxy) is 2. The molecule has 7 nitrogen and oxygen atoms in total. The molecule has 2 aromatic rings. The summed E-state index contributed by atoms with van der Waals surface area (Å²) in [6, 6.07) is 10.1. The minimum absolute atomic E-state index is 0.0141. The summed E-state index contributed by atoms with van der Waals surface area (Å²) in [4.78, 5) is 30.1. The quantitative estimate of drug-likeness (QED) is 0.351. The second-order valence-electron chi connectivity index (χ2n) is 8.76. The number of carbonyl (C=O) groups excluding carboxylic acids is 2. The van der Waals surface area contributed by atoms with Crippen molar-refractivity contribution in [1.82, 2.24) is 9.80 Å². The van der Waals surface area contributed by atoms with E-state index in [1.165, 1.54) is 17.0 Å². The van der Waals surface area contributed by atoms with Gasteiger partial charge in [-0.15, -0.1) is 0 Å². The van der Waals surface area contributed by atoms with Crippen molar-refractivity contribution in [3.8, 4) is 5.75 Å². The van der Waals surface area contributed by atoms with Gasteiger partial charge in [-0.25, -0.2) is 4.39 Å². The van der Waals surface area contributed by atoms with E-state index >= 15 is 0 Å². The Balaban J connectivity index is 1.68. The third kappa shape index (κ3) is 5.39. The first-order valence-corrected chi connectivity index (χ1v) is 12.0. The van der Waals surface area contributed by atoms with Crippen LogP contribution < -0.4 is 4.74 Å². The van der Waals surface area contributed by atoms with Gasteiger partial charge in [0.1, 0.15) is 17.3 Å². The number of aliphatic hydroxyl groups is 1. The van der Waals surface area contributed by atoms with Gasteiger partial charge < -0.3 is 19.5 Å². The Morgan fingerprint density at radius 3 is 2.49 bits per heavy atom. The van der Waals surface area contributed by atoms with Gasteiger partial charge in [-0.05, 0) is 61.7 Å². The molecule has 4 rings (SSSR count). The number of aliphatic hydroxyl groups excluding tert-OH is 1. The second-order valence-corrected chi connectivity index (χ2v) is 8.76. The Kier molecular flexibility index (Phi) is 7.83. The van der Waals surface area contributed by atoms with Gasteiger partial charge in [0.15, 0.2) is 0 Å². The fourth-order valence-corrected chi connectivity index (χ4v) is 4.70. The lowest BCUT2D eigenvalue weighted by atomic mass is 9.94. The van der Waals surface area contributed by atoms with Gasteiger partial charge in [0.25, 0.3) is 11.7 Å². The molecule has 0 aliphatic carbocycles. The summed E-state index contributed by atoms with van der Waals surface area (Å²) in [5.74, 6) is -1.41. The van der Waals surface area contributed by atoms with Gasteiger partial charge >= 0.3 is 0 Å². The van der Waals surface area contributed by atoms with Crippen LogP contribution >= 0.6 is 0 Å². The molecule has 1 atom stereocenters. The summed E-state index contributed by atoms with van der Waals surface area (Å²) in [6.07, 6.45) is 0.660. The molecule has 0 unspecified atom stereocenters. The monoisotopic (exact) mass is 482 g/mol. The van der Waals surface area contributed by atoms with Gasteiger partial charge in [0.05, 0.1) is 31.4 Å². The number of rotatable bonds is 8. The number of hydrogen-bond donors (Lipinski definition) is 1. The van der Waals surface area contributed by atoms with E-state index in [1.807, 2.05) is 13.8 Å². The van der Waals surface area contributed by atoms with Crippen LogP contribution in [0.1, 0.15) is 36.1 Å². The molecule has 2 fully saturated rings. The molecular formula is C27H31FN2O5. The van der Waals surface area contributed by atoms with E-state index in [0.29, 0.717) is 55.2 Å². The molecular weight excluding hydrogens is 451 g/mol. The van der Waals surface area contributed by atoms with Crippen LogP contribution in [-0.2, 0) is 14.3 Å². The van der Waals surface area contributed by atoms with Crippen molar-refractivity contribution >= 4 is 17.4 Å². The number of carbonyl (C=O) groups is 2. The first-order valence-electron chi connectivity index (χ1n) is 12.0. The Morgan fingerprint density at radius 2 is 1.83 bits per heavy atom. The first kappa shape index (κ1) is 24.9. The molecule has 0 aromatic heterocycles. The zero-order valence-electron chi connectivity index (χ0n) is 20.1. The van der Waals surface area contributed by atoms with Crippen molar-refractivity contribution in [2.75, 3.05) is 46.0 Å². The fraction of sp³-hybridized carbons (Fsp3) is 0.407. The lowest BCUT2D eigenvalue weighted by Gasteiger charge is -2.29. The maximum atomic E-state index is 13.7. The fourth-order valence-electron chi connectivity index (χ4n) is 4.70. The van der Waals surface area contributed by atoms with Crippen LogP contribution in [0.2, 0.25) is 0 Å². The largest absolute Gasteiger partial charge is 0.507 e. The van der Waals surface area contributed by atoms with Gasteiger partial charge in [-0.1, -0.05) is 12.1 Å². The molecule has 0 bridgehead atoms. The summed E-state index contributed by atoms with van der Waals surface area (Å²) in [7, 11) is 0. The number of morpholine rings is 1. The second kappa shape index (κ2) is 11.0. The molecule has 0 saturated carbocycles. The van der Waals surface area contributed by atoms with E-state index in [0.717, 1.165) is 19.6 Å². The van der Waals surface area contributed by atoms with Crippen LogP contribution in [-0.4, -0.2) is 72.6 Å². The lowest BCUT2D eigenvalue weighted by Crippen LogP contribution is -2.38. The molecule has 2 aromatic carbocycles. The Morgan fingerprint density at radius 1 is 1.11 bits per heavy atom. The Labute approximate surface area is 204 Å². The number of Topliss-reactive ketones (excluding diaryl/α,β-unsaturated/α-hetero) is 1. The maximum absolute atomic E-state index is 13.7. The molecule has 2 heterocycles. The normalized spacial score (nSPS) is 20.4. The number of halogens is 1. The highest BCUT2D eigenvalue weighted by Gasteiger charge is 2.46. The number of hydrogen-bond acceptors (Lipinski definition) is 6. The Hall–Kier alpha value is -3.23. The van der Waals surface area contributed by atoms with Crippen molar-refractivity contribution in [3.05, 3.63) is 70.5 Å². The molecule has 2 aliphatic rings. The van der Waals surface area contributed by atoms with E-state index < -0.39 is 23.5 Å². The third-order valence-corrected chi connectivity index (χ3v) is 6.47. The number of ketones is 1. The summed E-state index contributed by atoms with van der Waals surface area (Å²) in [5, 5.41) is 11.3. The van der Waals surface area contributed by atoms with Crippen molar-refractivity contribution in [3.63, 3.8) is 0 Å². The maximum Gasteiger partial charge on any atom is 0.295 e. The highest BCUT2D eigenvalue weighted by Crippen LogP contribution is 2.40. The van der Waals surface area contributed by atoms with Crippen molar-refractivity contribution in [1.29, 1.82) is 0 Å². The van der Waals surface area contributed by atoms with Crippen LogP contribution in [0.15, 0.2) is 48.0 Å². The van der Waals surface area contributed by atoms with Crippen LogP contribution in [0.5, 0.6) is 5.75 Å². The van der Waals surface area contributed by atoms with E-state index in [2.05, 4.69) is 4.90 Å². The van der Waals surface area contributed by atoms with Gasteiger partial charge in [0, 0.05) is 31.7 Å². The highest BCUT2D eigenvalue weighted by molar-refractivity contribution is 6.46. The van der Waals surface area contributed by atoms with Crippen molar-refractivity contribution < 1.29 is 28.6 Å². The average molecular weight is 483 g/mol. The number of amides is 1. The predicted octanol–water partition coefficient (Wildman–Crippen LogP) is 3.68. The summed E-state index contributed by atoms with van der Waals surface area (Å²) >= 11 is 0. The third-order valence-electron chi connectivity index (χ3n) is 6.47. The van der Waals surface area contributed by atoms with E-state index in [-0.39, 0.29) is 11.3 Å². The molecule has 35 heavy (non-hydrogen) atoms. The predicted molar refractivity (Wildman–Crippen MR) is 130 cm³/mol. The average Bonchev–Trinajstić information content (AvgIpc) is 3.10. The number of likely N-dealkylation sites (tertiary alicyclic amines) is 1. The number of aryl methyl sites for hydroxylation is 1. The smallest absolute Gasteiger partial charge is 0.295 e. The first-order chi connectivity index (χ1) is 16.9. The minimum atomic E-state index is -0.800. The topological polar surface area (TPSA) is 79.3 Å². The number of benzene rings is 2. The molecule has 1 amide bonds. The van der Waals surface area contributed by atoms with E-state index in [4.69, 9.17) is 9.47 Å². The zero-order chi connectivity index (χ0) is 24.9. The van der Waals surface area contributed by atoms with E-state index in [1.54, 1.807) is 30.3 Å². The van der Waals surface area contributed by atoms with Gasteiger partial charge in [-0.2, -0.15) is 0 Å². The van der Waals surface area contributed by atoms with Crippen LogP contribution in [0, 0.1) is 12.7 Å².